The highest BCUT2D eigenvalue weighted by molar-refractivity contribution is 6.15. The molecule has 2 aliphatic heterocycles. The minimum absolute atomic E-state index is 0.00208. The van der Waals surface area contributed by atoms with Crippen LogP contribution < -0.4 is 10.9 Å². The summed E-state index contributed by atoms with van der Waals surface area (Å²) in [6.45, 7) is 0. The molecular weight excluding hydrogens is 220 g/mol. The Labute approximate surface area is 97.5 Å². The quantitative estimate of drug-likeness (QED) is 0.596. The van der Waals surface area contributed by atoms with Gasteiger partial charge >= 0.3 is 0 Å². The maximum Gasteiger partial charge on any atom is 0.249 e. The Kier molecular flexibility index (Phi) is 1.61. The van der Waals surface area contributed by atoms with E-state index in [-0.39, 0.29) is 29.6 Å². The Balaban J connectivity index is 1.73. The van der Waals surface area contributed by atoms with Gasteiger partial charge in [-0.15, -0.1) is 0 Å². The van der Waals surface area contributed by atoms with Crippen LogP contribution >= 0.6 is 0 Å². The number of carbonyl (C=O) groups is 2. The van der Waals surface area contributed by atoms with Crippen LogP contribution in [0.25, 0.3) is 0 Å². The van der Waals surface area contributed by atoms with Gasteiger partial charge in [-0.1, -0.05) is 0 Å². The van der Waals surface area contributed by atoms with E-state index in [0.717, 1.165) is 30.7 Å². The van der Waals surface area contributed by atoms with Crippen molar-refractivity contribution in [3.63, 3.8) is 0 Å². The third-order valence-corrected chi connectivity index (χ3v) is 4.39. The number of rotatable bonds is 0. The average molecular weight is 232 g/mol. The Morgan fingerprint density at radius 3 is 2.76 bits per heavy atom. The Morgan fingerprint density at radius 2 is 1.88 bits per heavy atom. The van der Waals surface area contributed by atoms with Crippen molar-refractivity contribution in [2.45, 2.75) is 19.3 Å². The van der Waals surface area contributed by atoms with Crippen LogP contribution in [0.1, 0.15) is 19.3 Å². The summed E-state index contributed by atoms with van der Waals surface area (Å²) in [4.78, 5) is 23.4. The molecular formula is C11H12N4O2. The molecule has 17 heavy (non-hydrogen) atoms. The van der Waals surface area contributed by atoms with Crippen molar-refractivity contribution in [3.8, 4) is 0 Å². The van der Waals surface area contributed by atoms with Crippen LogP contribution in [0.5, 0.6) is 0 Å². The molecule has 2 saturated carbocycles. The van der Waals surface area contributed by atoms with Gasteiger partial charge in [0.1, 0.15) is 0 Å². The van der Waals surface area contributed by atoms with Gasteiger partial charge in [0.05, 0.1) is 23.3 Å². The molecule has 2 bridgehead atoms. The maximum atomic E-state index is 11.7. The van der Waals surface area contributed by atoms with Crippen LogP contribution in [-0.4, -0.2) is 23.2 Å². The summed E-state index contributed by atoms with van der Waals surface area (Å²) >= 11 is 0. The van der Waals surface area contributed by atoms with Crippen LogP contribution in [0.4, 0.5) is 0 Å². The summed E-state index contributed by atoms with van der Waals surface area (Å²) < 4.78 is 0. The van der Waals surface area contributed by atoms with Crippen molar-refractivity contribution in [3.05, 3.63) is 0 Å². The number of carbonyl (C=O) groups excluding carboxylic acids is 2. The smallest absolute Gasteiger partial charge is 0.249 e. The number of nitrogens with zero attached hydrogens (tertiary/aromatic N) is 2. The molecule has 0 radical (unpaired) electrons. The van der Waals surface area contributed by atoms with E-state index in [1.807, 2.05) is 0 Å². The van der Waals surface area contributed by atoms with E-state index in [9.17, 15) is 9.59 Å². The molecule has 4 aliphatic rings. The molecule has 0 aromatic rings. The van der Waals surface area contributed by atoms with E-state index < -0.39 is 0 Å². The monoisotopic (exact) mass is 232 g/mol. The van der Waals surface area contributed by atoms with E-state index in [1.165, 1.54) is 0 Å². The second-order valence-electron chi connectivity index (χ2n) is 5.25. The standard InChI is InChI=1S/C11H12N4O2/c16-10-6-2-4-1-5(9(6)13-14-10)3-7-8(4)11(17)15-12-7/h4-6,8H,1-3H2,(H,14,16)(H,15,17)/t4-,5+,6+,8-/m0/s1. The lowest BCUT2D eigenvalue weighted by atomic mass is 9.62. The summed E-state index contributed by atoms with van der Waals surface area (Å²) in [5.74, 6) is 0.342. The molecule has 2 N–H and O–H groups in total. The van der Waals surface area contributed by atoms with Crippen molar-refractivity contribution < 1.29 is 9.59 Å². The lowest BCUT2D eigenvalue weighted by Crippen LogP contribution is -2.46. The molecule has 4 rings (SSSR count). The highest BCUT2D eigenvalue weighted by Crippen LogP contribution is 2.45. The summed E-state index contributed by atoms with van der Waals surface area (Å²) in [5.41, 5.74) is 7.05. The van der Waals surface area contributed by atoms with E-state index in [2.05, 4.69) is 21.1 Å². The molecule has 4 atom stereocenters. The SMILES string of the molecule is O=C1NN=C2[C@H]3CC4=NNC(=O)[C@H]4[C@@H](C3)C[C@@H]12. The van der Waals surface area contributed by atoms with E-state index in [0.29, 0.717) is 5.92 Å². The molecule has 0 spiro atoms. The fraction of sp³-hybridized carbons (Fsp3) is 0.636. The van der Waals surface area contributed by atoms with Crippen molar-refractivity contribution in [1.29, 1.82) is 0 Å². The van der Waals surface area contributed by atoms with E-state index in [1.54, 1.807) is 0 Å². The number of fused-ring (bicyclic) bond motifs is 6. The fourth-order valence-electron chi connectivity index (χ4n) is 3.69. The Hall–Kier alpha value is -1.72. The van der Waals surface area contributed by atoms with E-state index >= 15 is 0 Å². The van der Waals surface area contributed by atoms with Crippen LogP contribution in [0.2, 0.25) is 0 Å². The van der Waals surface area contributed by atoms with Crippen molar-refractivity contribution in [1.82, 2.24) is 10.9 Å². The van der Waals surface area contributed by atoms with Gasteiger partial charge in [0, 0.05) is 5.92 Å². The lowest BCUT2D eigenvalue weighted by molar-refractivity contribution is -0.126. The van der Waals surface area contributed by atoms with Gasteiger partial charge in [-0.05, 0) is 25.2 Å². The molecule has 2 heterocycles. The molecule has 6 nitrogen and oxygen atoms in total. The third-order valence-electron chi connectivity index (χ3n) is 4.39. The Morgan fingerprint density at radius 1 is 1.06 bits per heavy atom. The Bertz CT molecular complexity index is 496. The minimum Gasteiger partial charge on any atom is -0.272 e. The first-order valence-corrected chi connectivity index (χ1v) is 5.97. The van der Waals surface area contributed by atoms with Gasteiger partial charge in [-0.2, -0.15) is 10.2 Å². The van der Waals surface area contributed by atoms with Crippen LogP contribution in [0.15, 0.2) is 10.2 Å². The molecule has 88 valence electrons. The first-order valence-electron chi connectivity index (χ1n) is 5.97. The van der Waals surface area contributed by atoms with Gasteiger partial charge in [0.2, 0.25) is 11.8 Å². The number of amides is 2. The fourth-order valence-corrected chi connectivity index (χ4v) is 3.69. The molecule has 0 aromatic carbocycles. The minimum atomic E-state index is -0.103. The van der Waals surface area contributed by atoms with Crippen molar-refractivity contribution in [2.75, 3.05) is 0 Å². The van der Waals surface area contributed by atoms with Gasteiger partial charge in [0.15, 0.2) is 0 Å². The summed E-state index contributed by atoms with van der Waals surface area (Å²) in [5, 5.41) is 8.26. The number of hydrogen-bond donors (Lipinski definition) is 2. The van der Waals surface area contributed by atoms with Crippen molar-refractivity contribution in [2.24, 2.45) is 33.9 Å². The molecule has 2 fully saturated rings. The normalized spacial score (nSPS) is 42.1. The van der Waals surface area contributed by atoms with Gasteiger partial charge in [-0.25, -0.2) is 10.9 Å². The zero-order chi connectivity index (χ0) is 11.6. The van der Waals surface area contributed by atoms with Crippen LogP contribution in [-0.2, 0) is 9.59 Å². The molecule has 0 aromatic heterocycles. The van der Waals surface area contributed by atoms with E-state index in [4.69, 9.17) is 0 Å². The molecule has 0 unspecified atom stereocenters. The highest BCUT2D eigenvalue weighted by atomic mass is 16.2. The lowest BCUT2D eigenvalue weighted by Gasteiger charge is -2.39. The largest absolute Gasteiger partial charge is 0.272 e. The molecule has 6 heteroatoms. The first-order chi connectivity index (χ1) is 8.24. The van der Waals surface area contributed by atoms with Gasteiger partial charge in [0.25, 0.3) is 0 Å². The average Bonchev–Trinajstić information content (AvgIpc) is 2.85. The van der Waals surface area contributed by atoms with Gasteiger partial charge < -0.3 is 0 Å². The molecule has 2 amide bonds. The summed E-state index contributed by atoms with van der Waals surface area (Å²) in [7, 11) is 0. The highest BCUT2D eigenvalue weighted by Gasteiger charge is 2.51. The van der Waals surface area contributed by atoms with Crippen LogP contribution in [0.3, 0.4) is 0 Å². The topological polar surface area (TPSA) is 82.9 Å². The number of hydrazone groups is 2. The predicted molar refractivity (Wildman–Crippen MR) is 59.0 cm³/mol. The van der Waals surface area contributed by atoms with Crippen LogP contribution in [0, 0.1) is 23.7 Å². The zero-order valence-corrected chi connectivity index (χ0v) is 9.14. The van der Waals surface area contributed by atoms with Gasteiger partial charge in [-0.3, -0.25) is 9.59 Å². The summed E-state index contributed by atoms with van der Waals surface area (Å²) in [6, 6.07) is 0. The van der Waals surface area contributed by atoms with Crippen molar-refractivity contribution >= 4 is 23.2 Å². The maximum absolute atomic E-state index is 11.7. The second-order valence-corrected chi connectivity index (χ2v) is 5.25. The summed E-state index contributed by atoms with van der Waals surface area (Å²) in [6.07, 6.45) is 2.46. The molecule has 0 saturated heterocycles. The number of hydrogen-bond acceptors (Lipinski definition) is 4. The second kappa shape index (κ2) is 2.94. The first kappa shape index (κ1) is 9.32. The number of nitrogens with one attached hydrogen (secondary N) is 2. The zero-order valence-electron chi connectivity index (χ0n) is 9.14. The predicted octanol–water partition coefficient (Wildman–Crippen LogP) is -0.380. The molecule has 2 aliphatic carbocycles. The third kappa shape index (κ3) is 1.10.